The summed E-state index contributed by atoms with van der Waals surface area (Å²) in [7, 11) is 0. The van der Waals surface area contributed by atoms with E-state index >= 15 is 0 Å². The van der Waals surface area contributed by atoms with E-state index in [1.54, 1.807) is 12.2 Å². The van der Waals surface area contributed by atoms with E-state index in [4.69, 9.17) is 0 Å². The maximum absolute atomic E-state index is 9.57. The van der Waals surface area contributed by atoms with E-state index in [1.807, 2.05) is 6.08 Å². The fraction of sp³-hybridized carbons (Fsp3) is 0.250. The third-order valence-electron chi connectivity index (χ3n) is 1.40. The zero-order valence-corrected chi connectivity index (χ0v) is 9.02. The van der Waals surface area contributed by atoms with Gasteiger partial charge in [0.05, 0.1) is 0 Å². The van der Waals surface area contributed by atoms with Crippen molar-refractivity contribution in [2.75, 3.05) is 0 Å². The first-order valence-electron chi connectivity index (χ1n) is 3.16. The summed E-state index contributed by atoms with van der Waals surface area (Å²) in [5.41, 5.74) is 1.01. The molecule has 1 nitrogen and oxygen atoms in total. The van der Waals surface area contributed by atoms with Crippen LogP contribution in [0.1, 0.15) is 6.42 Å². The van der Waals surface area contributed by atoms with Crippen LogP contribution < -0.4 is 0 Å². The second-order valence-electron chi connectivity index (χ2n) is 2.45. The highest BCUT2D eigenvalue weighted by Crippen LogP contribution is 2.33. The fourth-order valence-corrected chi connectivity index (χ4v) is 2.50. The molecular formula is C8H8Br2O. The molecule has 1 aliphatic rings. The van der Waals surface area contributed by atoms with Gasteiger partial charge in [0.15, 0.2) is 0 Å². The van der Waals surface area contributed by atoms with Crippen molar-refractivity contribution >= 4 is 31.9 Å². The molecule has 0 radical (unpaired) electrons. The van der Waals surface area contributed by atoms with Crippen LogP contribution in [0.5, 0.6) is 0 Å². The number of alkyl halides is 1. The summed E-state index contributed by atoms with van der Waals surface area (Å²) in [6, 6.07) is 0. The third-order valence-corrected chi connectivity index (χ3v) is 2.36. The fourth-order valence-electron chi connectivity index (χ4n) is 0.950. The van der Waals surface area contributed by atoms with Crippen LogP contribution in [0, 0.1) is 0 Å². The molecule has 1 N–H and O–H groups in total. The van der Waals surface area contributed by atoms with Gasteiger partial charge < -0.3 is 5.11 Å². The van der Waals surface area contributed by atoms with Gasteiger partial charge in [0.2, 0.25) is 0 Å². The van der Waals surface area contributed by atoms with Crippen LogP contribution in [-0.4, -0.2) is 9.62 Å². The van der Waals surface area contributed by atoms with E-state index in [9.17, 15) is 5.11 Å². The first-order chi connectivity index (χ1) is 5.03. The molecule has 3 heteroatoms. The summed E-state index contributed by atoms with van der Waals surface area (Å²) < 4.78 is -0.0394. The molecule has 0 saturated heterocycles. The highest BCUT2D eigenvalue weighted by atomic mass is 79.9. The Hall–Kier alpha value is 0.140. The van der Waals surface area contributed by atoms with Gasteiger partial charge in [0, 0.05) is 10.9 Å². The summed E-state index contributed by atoms with van der Waals surface area (Å²) in [4.78, 5) is 0. The van der Waals surface area contributed by atoms with Gasteiger partial charge in [-0.25, -0.2) is 0 Å². The zero-order chi connectivity index (χ0) is 8.48. The molecule has 1 rings (SSSR count). The lowest BCUT2D eigenvalue weighted by Gasteiger charge is -2.21. The van der Waals surface area contributed by atoms with Crippen LogP contribution >= 0.6 is 31.9 Å². The molecule has 0 spiro atoms. The number of hydrogen-bond acceptors (Lipinski definition) is 1. The van der Waals surface area contributed by atoms with Crippen LogP contribution in [0.2, 0.25) is 0 Å². The molecule has 0 saturated carbocycles. The second-order valence-corrected chi connectivity index (χ2v) is 4.74. The summed E-state index contributed by atoms with van der Waals surface area (Å²) in [5.74, 6) is 0. The van der Waals surface area contributed by atoms with E-state index in [0.29, 0.717) is 6.42 Å². The quantitative estimate of drug-likeness (QED) is 0.732. The Morgan fingerprint density at radius 3 is 2.82 bits per heavy atom. The average Bonchev–Trinajstić information content (AvgIpc) is 1.83. The van der Waals surface area contributed by atoms with Crippen molar-refractivity contribution in [2.45, 2.75) is 10.9 Å². The van der Waals surface area contributed by atoms with Gasteiger partial charge >= 0.3 is 0 Å². The maximum Gasteiger partial charge on any atom is 0.143 e. The largest absolute Gasteiger partial charge is 0.375 e. The van der Waals surface area contributed by atoms with Gasteiger partial charge in [-0.1, -0.05) is 28.6 Å². The number of hydrogen-bond donors (Lipinski definition) is 1. The predicted octanol–water partition coefficient (Wildman–Crippen LogP) is 2.86. The van der Waals surface area contributed by atoms with E-state index in [2.05, 4.69) is 38.4 Å². The maximum atomic E-state index is 9.57. The van der Waals surface area contributed by atoms with Gasteiger partial charge in [-0.15, -0.1) is 0 Å². The molecule has 60 valence electrons. The molecule has 1 unspecified atom stereocenters. The topological polar surface area (TPSA) is 20.2 Å². The number of allylic oxidation sites excluding steroid dienone is 3. The molecule has 11 heavy (non-hydrogen) atoms. The minimum Gasteiger partial charge on any atom is -0.375 e. The normalized spacial score (nSPS) is 30.8. The zero-order valence-electron chi connectivity index (χ0n) is 5.85. The summed E-state index contributed by atoms with van der Waals surface area (Å²) >= 11 is 6.47. The molecule has 0 aromatic carbocycles. The molecule has 0 aromatic rings. The van der Waals surface area contributed by atoms with E-state index in [0.717, 1.165) is 10.1 Å². The Bertz CT molecular complexity index is 238. The first kappa shape index (κ1) is 9.23. The Balaban J connectivity index is 2.92. The highest BCUT2D eigenvalue weighted by molar-refractivity contribution is 9.12. The van der Waals surface area contributed by atoms with Crippen LogP contribution in [0.25, 0.3) is 0 Å². The standard InChI is InChI=1S/C8H8Br2O/c1-2-6-3-7(9)5-8(10,11)4-6/h2-3,5,11H,1,4H2. The number of halogens is 2. The van der Waals surface area contributed by atoms with Crippen molar-refractivity contribution in [1.29, 1.82) is 0 Å². The van der Waals surface area contributed by atoms with Crippen LogP contribution in [0.15, 0.2) is 34.9 Å². The first-order valence-corrected chi connectivity index (χ1v) is 4.75. The molecule has 0 aromatic heterocycles. The van der Waals surface area contributed by atoms with Crippen LogP contribution in [0.3, 0.4) is 0 Å². The summed E-state index contributed by atoms with van der Waals surface area (Å²) in [6.07, 6.45) is 5.94. The number of rotatable bonds is 1. The van der Waals surface area contributed by atoms with E-state index < -0.39 is 4.51 Å². The number of aliphatic hydroxyl groups is 1. The Labute approximate surface area is 82.7 Å². The molecule has 1 aliphatic carbocycles. The van der Waals surface area contributed by atoms with Crippen molar-refractivity contribution in [2.24, 2.45) is 0 Å². The molecule has 0 bridgehead atoms. The lowest BCUT2D eigenvalue weighted by atomic mass is 10.0. The molecule has 0 fully saturated rings. The molecule has 1 atom stereocenters. The Morgan fingerprint density at radius 2 is 2.36 bits per heavy atom. The SMILES string of the molecule is C=CC1=CC(Br)=CC(O)(Br)C1. The minimum atomic E-state index is -0.913. The van der Waals surface area contributed by atoms with Crippen molar-refractivity contribution in [3.63, 3.8) is 0 Å². The predicted molar refractivity (Wildman–Crippen MR) is 53.8 cm³/mol. The van der Waals surface area contributed by atoms with Gasteiger partial charge in [-0.05, 0) is 33.7 Å². The van der Waals surface area contributed by atoms with E-state index in [-0.39, 0.29) is 0 Å². The van der Waals surface area contributed by atoms with Crippen LogP contribution in [-0.2, 0) is 0 Å². The molecule has 0 aliphatic heterocycles. The highest BCUT2D eigenvalue weighted by Gasteiger charge is 2.23. The molecule has 0 amide bonds. The second kappa shape index (κ2) is 3.25. The summed E-state index contributed by atoms with van der Waals surface area (Å²) in [6.45, 7) is 3.64. The molecular weight excluding hydrogens is 272 g/mol. The average molecular weight is 280 g/mol. The van der Waals surface area contributed by atoms with Gasteiger partial charge in [-0.2, -0.15) is 0 Å². The molecule has 0 heterocycles. The third kappa shape index (κ3) is 2.58. The van der Waals surface area contributed by atoms with Crippen molar-refractivity contribution < 1.29 is 5.11 Å². The smallest absolute Gasteiger partial charge is 0.143 e. The summed E-state index contributed by atoms with van der Waals surface area (Å²) in [5, 5.41) is 9.57. The van der Waals surface area contributed by atoms with Crippen LogP contribution in [0.4, 0.5) is 0 Å². The van der Waals surface area contributed by atoms with Gasteiger partial charge in [0.25, 0.3) is 0 Å². The lowest BCUT2D eigenvalue weighted by Crippen LogP contribution is -2.19. The van der Waals surface area contributed by atoms with Gasteiger partial charge in [0.1, 0.15) is 4.51 Å². The van der Waals surface area contributed by atoms with Crippen molar-refractivity contribution in [1.82, 2.24) is 0 Å². The van der Waals surface area contributed by atoms with Crippen molar-refractivity contribution in [3.8, 4) is 0 Å². The Morgan fingerprint density at radius 1 is 1.73 bits per heavy atom. The van der Waals surface area contributed by atoms with E-state index in [1.165, 1.54) is 0 Å². The van der Waals surface area contributed by atoms with Gasteiger partial charge in [-0.3, -0.25) is 0 Å². The minimum absolute atomic E-state index is 0.561. The monoisotopic (exact) mass is 278 g/mol. The van der Waals surface area contributed by atoms with Crippen molar-refractivity contribution in [3.05, 3.63) is 34.9 Å². The lowest BCUT2D eigenvalue weighted by molar-refractivity contribution is 0.195. The Kier molecular flexibility index (Phi) is 2.73.